The Bertz CT molecular complexity index is 1320. The number of nitrogens with zero attached hydrogens (tertiary/aromatic N) is 2. The number of carbonyl (C=O) groups is 1. The van der Waals surface area contributed by atoms with Crippen LogP contribution in [0.25, 0.3) is 10.8 Å². The van der Waals surface area contributed by atoms with E-state index in [2.05, 4.69) is 26.9 Å². The van der Waals surface area contributed by atoms with Crippen molar-refractivity contribution in [1.82, 2.24) is 19.8 Å². The zero-order valence-electron chi connectivity index (χ0n) is 21.3. The largest absolute Gasteiger partial charge is 0.351 e. The molecule has 8 heteroatoms. The Kier molecular flexibility index (Phi) is 7.90. The summed E-state index contributed by atoms with van der Waals surface area (Å²) in [6.45, 7) is 3.99. The number of hydrogen-bond donors (Lipinski definition) is 2. The summed E-state index contributed by atoms with van der Waals surface area (Å²) < 4.78 is 29.5. The van der Waals surface area contributed by atoms with E-state index in [9.17, 15) is 13.2 Å². The molecule has 1 amide bonds. The van der Waals surface area contributed by atoms with E-state index >= 15 is 0 Å². The Morgan fingerprint density at radius 1 is 0.919 bits per heavy atom. The van der Waals surface area contributed by atoms with Gasteiger partial charge in [0.05, 0.1) is 4.90 Å². The van der Waals surface area contributed by atoms with Crippen molar-refractivity contribution in [3.05, 3.63) is 78.4 Å². The molecular weight excluding hydrogens is 484 g/mol. The number of amides is 1. The topological polar surface area (TPSA) is 81.8 Å². The summed E-state index contributed by atoms with van der Waals surface area (Å²) in [7, 11) is -1.75. The summed E-state index contributed by atoms with van der Waals surface area (Å²) in [5, 5.41) is 4.97. The van der Waals surface area contributed by atoms with Crippen LogP contribution in [-0.2, 0) is 21.2 Å². The number of nitrogens with one attached hydrogen (secondary N) is 2. The van der Waals surface area contributed by atoms with Gasteiger partial charge in [0.15, 0.2) is 0 Å². The van der Waals surface area contributed by atoms with Crippen LogP contribution in [0.5, 0.6) is 0 Å². The van der Waals surface area contributed by atoms with Crippen molar-refractivity contribution >= 4 is 26.7 Å². The van der Waals surface area contributed by atoms with Crippen molar-refractivity contribution in [3.8, 4) is 0 Å². The monoisotopic (exact) mass is 520 g/mol. The van der Waals surface area contributed by atoms with Crippen LogP contribution in [0.3, 0.4) is 0 Å². The summed E-state index contributed by atoms with van der Waals surface area (Å²) in [5.74, 6) is -0.275. The quantitative estimate of drug-likeness (QED) is 0.477. The maximum absolute atomic E-state index is 13.5. The second-order valence-electron chi connectivity index (χ2n) is 10.4. The van der Waals surface area contributed by atoms with Crippen LogP contribution < -0.4 is 10.0 Å². The van der Waals surface area contributed by atoms with Gasteiger partial charge >= 0.3 is 0 Å². The average molecular weight is 521 g/mol. The van der Waals surface area contributed by atoms with Crippen molar-refractivity contribution in [2.75, 3.05) is 33.2 Å². The fraction of sp³-hybridized carbons (Fsp3) is 0.414. The van der Waals surface area contributed by atoms with E-state index in [0.717, 1.165) is 61.8 Å². The molecule has 2 N–H and O–H groups in total. The highest BCUT2D eigenvalue weighted by molar-refractivity contribution is 7.89. The minimum Gasteiger partial charge on any atom is -0.351 e. The predicted molar refractivity (Wildman–Crippen MR) is 147 cm³/mol. The molecule has 3 aromatic rings. The molecule has 0 saturated carbocycles. The molecule has 196 valence electrons. The molecule has 7 nitrogen and oxygen atoms in total. The standard InChI is InChI=1S/C29H36N4O3S/c1-32-16-14-26(15-17-32)33-18-13-25(21-33)30-29(34)28(19-22-7-3-2-4-8-22)31-37(35,36)27-12-11-23-9-5-6-10-24(23)20-27/h2-12,20,25-26,28,31H,13-19,21H2,1H3,(H,30,34). The average Bonchev–Trinajstić information content (AvgIpc) is 3.37. The van der Waals surface area contributed by atoms with E-state index in [0.29, 0.717) is 6.04 Å². The molecule has 2 fully saturated rings. The van der Waals surface area contributed by atoms with E-state index in [1.807, 2.05) is 54.6 Å². The Morgan fingerprint density at radius 2 is 1.62 bits per heavy atom. The van der Waals surface area contributed by atoms with E-state index in [1.165, 1.54) is 0 Å². The van der Waals surface area contributed by atoms with Crippen LogP contribution in [0, 0.1) is 0 Å². The minimum atomic E-state index is -3.91. The SMILES string of the molecule is CN1CCC(N2CCC(NC(=O)C(Cc3ccccc3)NS(=O)(=O)c3ccc4ccccc4c3)C2)CC1. The van der Waals surface area contributed by atoms with Gasteiger partial charge < -0.3 is 10.2 Å². The Morgan fingerprint density at radius 3 is 2.38 bits per heavy atom. The summed E-state index contributed by atoms with van der Waals surface area (Å²) in [6.07, 6.45) is 3.47. The van der Waals surface area contributed by atoms with Crippen LogP contribution in [0.2, 0.25) is 0 Å². The predicted octanol–water partition coefficient (Wildman–Crippen LogP) is 3.01. The molecule has 2 heterocycles. The Balaban J connectivity index is 1.29. The van der Waals surface area contributed by atoms with Crippen LogP contribution in [0.1, 0.15) is 24.8 Å². The number of fused-ring (bicyclic) bond motifs is 1. The van der Waals surface area contributed by atoms with E-state index in [1.54, 1.807) is 18.2 Å². The van der Waals surface area contributed by atoms with E-state index in [4.69, 9.17) is 0 Å². The zero-order chi connectivity index (χ0) is 25.8. The van der Waals surface area contributed by atoms with Crippen molar-refractivity contribution in [2.45, 2.75) is 48.7 Å². The first-order valence-electron chi connectivity index (χ1n) is 13.2. The third-order valence-corrected chi connectivity index (χ3v) is 9.17. The second kappa shape index (κ2) is 11.3. The summed E-state index contributed by atoms with van der Waals surface area (Å²) in [4.78, 5) is 18.5. The highest BCUT2D eigenvalue weighted by Gasteiger charge is 2.33. The molecule has 0 aliphatic carbocycles. The van der Waals surface area contributed by atoms with Gasteiger partial charge in [0.25, 0.3) is 0 Å². The number of sulfonamides is 1. The van der Waals surface area contributed by atoms with Crippen LogP contribution in [0.15, 0.2) is 77.7 Å². The molecule has 0 bridgehead atoms. The normalized spacial score (nSPS) is 20.7. The van der Waals surface area contributed by atoms with E-state index < -0.39 is 16.1 Å². The van der Waals surface area contributed by atoms with Gasteiger partial charge in [-0.05, 0) is 74.3 Å². The van der Waals surface area contributed by atoms with Gasteiger partial charge in [-0.25, -0.2) is 8.42 Å². The second-order valence-corrected chi connectivity index (χ2v) is 12.1. The van der Waals surface area contributed by atoms with Crippen LogP contribution in [-0.4, -0.2) is 75.5 Å². The van der Waals surface area contributed by atoms with Crippen molar-refractivity contribution in [2.24, 2.45) is 0 Å². The molecule has 5 rings (SSSR count). The Labute approximate surface area is 219 Å². The molecule has 2 saturated heterocycles. The van der Waals surface area contributed by atoms with Gasteiger partial charge in [0, 0.05) is 25.2 Å². The zero-order valence-corrected chi connectivity index (χ0v) is 22.2. The first-order chi connectivity index (χ1) is 17.9. The lowest BCUT2D eigenvalue weighted by atomic mass is 10.0. The minimum absolute atomic E-state index is 0.0237. The number of piperidine rings is 1. The summed E-state index contributed by atoms with van der Waals surface area (Å²) >= 11 is 0. The third-order valence-electron chi connectivity index (χ3n) is 7.70. The molecule has 2 aliphatic heterocycles. The van der Waals surface area contributed by atoms with Gasteiger partial charge in [-0.2, -0.15) is 4.72 Å². The number of likely N-dealkylation sites (tertiary alicyclic amines) is 2. The van der Waals surface area contributed by atoms with Gasteiger partial charge in [-0.1, -0.05) is 60.7 Å². The molecular formula is C29H36N4O3S. The first-order valence-corrected chi connectivity index (χ1v) is 14.6. The fourth-order valence-electron chi connectivity index (χ4n) is 5.53. The number of carbonyl (C=O) groups excluding carboxylic acids is 1. The molecule has 0 spiro atoms. The lowest BCUT2D eigenvalue weighted by molar-refractivity contribution is -0.123. The molecule has 2 atom stereocenters. The smallest absolute Gasteiger partial charge is 0.241 e. The summed E-state index contributed by atoms with van der Waals surface area (Å²) in [6, 6.07) is 21.9. The van der Waals surface area contributed by atoms with E-state index in [-0.39, 0.29) is 23.3 Å². The van der Waals surface area contributed by atoms with Crippen molar-refractivity contribution in [3.63, 3.8) is 0 Å². The molecule has 3 aromatic carbocycles. The molecule has 37 heavy (non-hydrogen) atoms. The molecule has 2 unspecified atom stereocenters. The Hall–Kier alpha value is -2.78. The summed E-state index contributed by atoms with van der Waals surface area (Å²) in [5.41, 5.74) is 0.906. The lowest BCUT2D eigenvalue weighted by Crippen LogP contribution is -2.51. The molecule has 0 radical (unpaired) electrons. The highest BCUT2D eigenvalue weighted by atomic mass is 32.2. The number of benzene rings is 3. The maximum Gasteiger partial charge on any atom is 0.241 e. The van der Waals surface area contributed by atoms with Gasteiger partial charge in [0.1, 0.15) is 6.04 Å². The first kappa shape index (κ1) is 25.9. The van der Waals surface area contributed by atoms with Crippen LogP contribution >= 0.6 is 0 Å². The number of hydrogen-bond acceptors (Lipinski definition) is 5. The van der Waals surface area contributed by atoms with Gasteiger partial charge in [-0.3, -0.25) is 9.69 Å². The fourth-order valence-corrected chi connectivity index (χ4v) is 6.76. The van der Waals surface area contributed by atoms with Gasteiger partial charge in [0.2, 0.25) is 15.9 Å². The maximum atomic E-state index is 13.5. The van der Waals surface area contributed by atoms with Crippen molar-refractivity contribution in [1.29, 1.82) is 0 Å². The molecule has 0 aromatic heterocycles. The highest BCUT2D eigenvalue weighted by Crippen LogP contribution is 2.22. The molecule has 2 aliphatic rings. The van der Waals surface area contributed by atoms with Gasteiger partial charge in [-0.15, -0.1) is 0 Å². The van der Waals surface area contributed by atoms with Crippen molar-refractivity contribution < 1.29 is 13.2 Å². The third kappa shape index (κ3) is 6.38. The lowest BCUT2D eigenvalue weighted by Gasteiger charge is -2.35. The van der Waals surface area contributed by atoms with Crippen LogP contribution in [0.4, 0.5) is 0 Å². The number of rotatable bonds is 8.